The fourth-order valence-corrected chi connectivity index (χ4v) is 10.3. The molecule has 0 aromatic heterocycles. The largest absolute Gasteiger partial charge is 0.311 e. The summed E-state index contributed by atoms with van der Waals surface area (Å²) in [6.07, 6.45) is 0. The molecule has 0 atom stereocenters. The van der Waals surface area contributed by atoms with Crippen LogP contribution in [0.2, 0.25) is 0 Å². The number of para-hydroxylation sites is 1. The molecule has 0 spiro atoms. The molecule has 0 saturated carbocycles. The summed E-state index contributed by atoms with van der Waals surface area (Å²) in [7, 11) is 0. The average Bonchev–Trinajstić information content (AvgIpc) is 3.32. The Bertz CT molecular complexity index is 3380. The molecule has 2 aliphatic heterocycles. The number of hydrogen-bond acceptors (Lipinski definition) is 3. The van der Waals surface area contributed by atoms with Crippen LogP contribution in [0, 0.1) is 27.7 Å². The number of aryl methyl sites for hydroxylation is 4. The predicted octanol–water partition coefficient (Wildman–Crippen LogP) is 14.4. The minimum absolute atomic E-state index is 0.00289. The number of benzene rings is 10. The average molecular weight is 820 g/mol. The van der Waals surface area contributed by atoms with Crippen molar-refractivity contribution in [1.29, 1.82) is 0 Å². The van der Waals surface area contributed by atoms with Crippen LogP contribution < -0.4 is 31.1 Å². The first-order valence-electron chi connectivity index (χ1n) is 22.4. The van der Waals surface area contributed by atoms with Gasteiger partial charge < -0.3 is 14.7 Å². The van der Waals surface area contributed by atoms with Gasteiger partial charge in [0.2, 0.25) is 0 Å². The lowest BCUT2D eigenvalue weighted by atomic mass is 9.33. The fourth-order valence-electron chi connectivity index (χ4n) is 10.3. The number of fused-ring (bicyclic) bond motifs is 6. The lowest BCUT2D eigenvalue weighted by Gasteiger charge is -2.45. The van der Waals surface area contributed by atoms with E-state index in [4.69, 9.17) is 0 Å². The first kappa shape index (κ1) is 37.9. The van der Waals surface area contributed by atoms with Crippen molar-refractivity contribution < 1.29 is 0 Å². The molecular weight excluding hydrogens is 773 g/mol. The van der Waals surface area contributed by atoms with Crippen molar-refractivity contribution in [3.05, 3.63) is 229 Å². The van der Waals surface area contributed by atoms with Gasteiger partial charge in [-0.1, -0.05) is 162 Å². The second-order valence-electron chi connectivity index (χ2n) is 17.7. The number of anilines is 9. The summed E-state index contributed by atoms with van der Waals surface area (Å²) in [6.45, 7) is 8.79. The molecule has 2 aliphatic rings. The molecule has 304 valence electrons. The summed E-state index contributed by atoms with van der Waals surface area (Å²) in [5.74, 6) is 0. The van der Waals surface area contributed by atoms with Crippen LogP contribution in [0.25, 0.3) is 32.7 Å². The molecule has 4 heteroatoms. The van der Waals surface area contributed by atoms with E-state index in [2.05, 4.69) is 249 Å². The summed E-state index contributed by atoms with van der Waals surface area (Å²) in [5.41, 5.74) is 21.6. The summed E-state index contributed by atoms with van der Waals surface area (Å²) in [6, 6.07) is 77.2. The highest BCUT2D eigenvalue weighted by Crippen LogP contribution is 2.50. The van der Waals surface area contributed by atoms with Gasteiger partial charge in [-0.05, 0) is 138 Å². The molecule has 64 heavy (non-hydrogen) atoms. The molecule has 0 bridgehead atoms. The second kappa shape index (κ2) is 14.9. The van der Waals surface area contributed by atoms with E-state index in [0.717, 1.165) is 28.4 Å². The minimum atomic E-state index is 0.00289. The van der Waals surface area contributed by atoms with Crippen molar-refractivity contribution in [3.8, 4) is 11.1 Å². The smallest absolute Gasteiger partial charge is 0.252 e. The van der Waals surface area contributed by atoms with Gasteiger partial charge in [0.15, 0.2) is 0 Å². The Morgan fingerprint density at radius 2 is 0.828 bits per heavy atom. The van der Waals surface area contributed by atoms with Crippen LogP contribution in [0.5, 0.6) is 0 Å². The maximum atomic E-state index is 2.57. The normalized spacial score (nSPS) is 12.6. The zero-order chi connectivity index (χ0) is 43.1. The van der Waals surface area contributed by atoms with Crippen molar-refractivity contribution in [2.45, 2.75) is 27.7 Å². The van der Waals surface area contributed by atoms with E-state index in [1.54, 1.807) is 0 Å². The summed E-state index contributed by atoms with van der Waals surface area (Å²) in [5, 5.41) is 4.84. The van der Waals surface area contributed by atoms with Crippen LogP contribution in [0.1, 0.15) is 22.3 Å². The van der Waals surface area contributed by atoms with E-state index in [1.165, 1.54) is 94.1 Å². The SMILES string of the molecule is Cc1ccc(-c2ccccc2N2c3ccc(C)cc3B3c4cc(C)ccc4N(c4ccc(C)cc4)c4cc(N(c5ccc6ccccc6c5)c5ccc6ccccc6c5)cc2c43)cc1. The lowest BCUT2D eigenvalue weighted by molar-refractivity contribution is 1.22. The zero-order valence-electron chi connectivity index (χ0n) is 36.5. The number of nitrogens with zero attached hydrogens (tertiary/aromatic N) is 3. The van der Waals surface area contributed by atoms with Gasteiger partial charge in [0.25, 0.3) is 6.71 Å². The summed E-state index contributed by atoms with van der Waals surface area (Å²) in [4.78, 5) is 7.56. The molecule has 0 fully saturated rings. The Morgan fingerprint density at radius 1 is 0.344 bits per heavy atom. The van der Waals surface area contributed by atoms with Gasteiger partial charge in [-0.15, -0.1) is 0 Å². The van der Waals surface area contributed by atoms with Gasteiger partial charge >= 0.3 is 0 Å². The van der Waals surface area contributed by atoms with E-state index in [1.807, 2.05) is 0 Å². The van der Waals surface area contributed by atoms with Gasteiger partial charge in [-0.3, -0.25) is 0 Å². The third kappa shape index (κ3) is 6.20. The summed E-state index contributed by atoms with van der Waals surface area (Å²) < 4.78 is 0. The third-order valence-corrected chi connectivity index (χ3v) is 13.4. The van der Waals surface area contributed by atoms with Gasteiger partial charge in [0.05, 0.1) is 11.4 Å². The fraction of sp³-hybridized carbons (Fsp3) is 0.0667. The van der Waals surface area contributed by atoms with Crippen molar-refractivity contribution in [2.24, 2.45) is 0 Å². The predicted molar refractivity (Wildman–Crippen MR) is 275 cm³/mol. The molecule has 0 radical (unpaired) electrons. The molecule has 0 unspecified atom stereocenters. The quantitative estimate of drug-likeness (QED) is 0.155. The Morgan fingerprint density at radius 3 is 1.42 bits per heavy atom. The highest BCUT2D eigenvalue weighted by Gasteiger charge is 2.44. The molecule has 0 saturated heterocycles. The first-order chi connectivity index (χ1) is 31.4. The maximum absolute atomic E-state index is 2.57. The Hall–Kier alpha value is -7.82. The maximum Gasteiger partial charge on any atom is 0.252 e. The number of rotatable bonds is 6. The Balaban J connectivity index is 1.21. The molecule has 3 nitrogen and oxygen atoms in total. The monoisotopic (exact) mass is 819 g/mol. The van der Waals surface area contributed by atoms with E-state index in [9.17, 15) is 0 Å². The Kier molecular flexibility index (Phi) is 8.84. The van der Waals surface area contributed by atoms with Crippen molar-refractivity contribution in [2.75, 3.05) is 14.7 Å². The summed E-state index contributed by atoms with van der Waals surface area (Å²) >= 11 is 0. The molecule has 2 heterocycles. The Labute approximate surface area is 376 Å². The molecular formula is C60H46BN3. The van der Waals surface area contributed by atoms with Crippen molar-refractivity contribution >= 4 is 95.8 Å². The van der Waals surface area contributed by atoms with E-state index in [-0.39, 0.29) is 6.71 Å². The zero-order valence-corrected chi connectivity index (χ0v) is 36.5. The van der Waals surface area contributed by atoms with Crippen LogP contribution in [-0.4, -0.2) is 6.71 Å². The molecule has 10 aromatic rings. The molecule has 0 amide bonds. The third-order valence-electron chi connectivity index (χ3n) is 13.4. The van der Waals surface area contributed by atoms with Gasteiger partial charge in [-0.2, -0.15) is 0 Å². The van der Waals surface area contributed by atoms with E-state index >= 15 is 0 Å². The standard InChI is InChI=1S/C60H46BN3/c1-39-17-23-45(24-18-39)52-15-9-10-16-55(52)64-57-32-22-42(4)34-54(57)61-53-33-41(3)21-31-56(53)63(48-27-19-40(2)20-28-48)58-37-51(38-59(64)60(58)61)62(49-29-25-43-11-5-7-13-46(43)35-49)50-30-26-44-12-6-8-14-47(44)36-50/h5-38H,1-4H3. The topological polar surface area (TPSA) is 9.72 Å². The van der Waals surface area contributed by atoms with Crippen LogP contribution in [-0.2, 0) is 0 Å². The molecule has 10 aromatic carbocycles. The molecule has 12 rings (SSSR count). The first-order valence-corrected chi connectivity index (χ1v) is 22.4. The number of hydrogen-bond donors (Lipinski definition) is 0. The highest BCUT2D eigenvalue weighted by molar-refractivity contribution is 7.00. The van der Waals surface area contributed by atoms with Crippen LogP contribution >= 0.6 is 0 Å². The molecule has 0 aliphatic carbocycles. The van der Waals surface area contributed by atoms with Gasteiger partial charge in [-0.25, -0.2) is 0 Å². The lowest BCUT2D eigenvalue weighted by Crippen LogP contribution is -2.61. The second-order valence-corrected chi connectivity index (χ2v) is 17.7. The van der Waals surface area contributed by atoms with E-state index in [0.29, 0.717) is 0 Å². The molecule has 0 N–H and O–H groups in total. The van der Waals surface area contributed by atoms with Crippen molar-refractivity contribution in [1.82, 2.24) is 0 Å². The van der Waals surface area contributed by atoms with Crippen LogP contribution in [0.15, 0.2) is 206 Å². The van der Waals surface area contributed by atoms with Crippen LogP contribution in [0.3, 0.4) is 0 Å². The van der Waals surface area contributed by atoms with Crippen LogP contribution in [0.4, 0.5) is 51.2 Å². The van der Waals surface area contributed by atoms with Gasteiger partial charge in [0.1, 0.15) is 0 Å². The minimum Gasteiger partial charge on any atom is -0.311 e. The van der Waals surface area contributed by atoms with E-state index < -0.39 is 0 Å². The van der Waals surface area contributed by atoms with Gasteiger partial charge in [0, 0.05) is 45.4 Å². The van der Waals surface area contributed by atoms with Crippen molar-refractivity contribution in [3.63, 3.8) is 0 Å². The highest BCUT2D eigenvalue weighted by atomic mass is 15.2.